The number of hydrogen-bond donors (Lipinski definition) is 1. The number of hydrogen-bond acceptors (Lipinski definition) is 4. The SMILES string of the molecule is CC1CCN(c2nc3c(c(=O)[nH]c(=O)n3C)n2C(C)C)CC1. The first kappa shape index (κ1) is 14.9. The van der Waals surface area contributed by atoms with E-state index in [1.807, 2.05) is 18.4 Å². The summed E-state index contributed by atoms with van der Waals surface area (Å²) in [5, 5.41) is 0. The molecule has 0 bridgehead atoms. The molecule has 1 aliphatic heterocycles. The van der Waals surface area contributed by atoms with Crippen LogP contribution >= 0.6 is 0 Å². The fourth-order valence-electron chi connectivity index (χ4n) is 3.11. The van der Waals surface area contributed by atoms with E-state index < -0.39 is 5.69 Å². The maximum Gasteiger partial charge on any atom is 0.329 e. The number of aromatic nitrogens is 4. The molecule has 0 atom stereocenters. The minimum atomic E-state index is -0.426. The minimum absolute atomic E-state index is 0.0953. The van der Waals surface area contributed by atoms with E-state index in [0.29, 0.717) is 11.2 Å². The summed E-state index contributed by atoms with van der Waals surface area (Å²) >= 11 is 0. The molecule has 0 spiro atoms. The highest BCUT2D eigenvalue weighted by Crippen LogP contribution is 2.27. The predicted molar refractivity (Wildman–Crippen MR) is 86.6 cm³/mol. The zero-order valence-electron chi connectivity index (χ0n) is 13.6. The van der Waals surface area contributed by atoms with E-state index in [1.165, 1.54) is 4.57 Å². The van der Waals surface area contributed by atoms with Crippen LogP contribution in [0.1, 0.15) is 39.7 Å². The molecule has 0 saturated carbocycles. The Balaban J connectivity index is 2.24. The van der Waals surface area contributed by atoms with Crippen molar-refractivity contribution >= 4 is 17.1 Å². The van der Waals surface area contributed by atoms with Gasteiger partial charge in [-0.25, -0.2) is 4.79 Å². The Labute approximate surface area is 128 Å². The van der Waals surface area contributed by atoms with Crippen molar-refractivity contribution in [2.45, 2.75) is 39.7 Å². The third-order valence-corrected chi connectivity index (χ3v) is 4.51. The molecule has 7 nitrogen and oxygen atoms in total. The molecule has 7 heteroatoms. The number of rotatable bonds is 2. The summed E-state index contributed by atoms with van der Waals surface area (Å²) in [6.07, 6.45) is 2.24. The lowest BCUT2D eigenvalue weighted by molar-refractivity contribution is 0.428. The average molecular weight is 305 g/mol. The number of fused-ring (bicyclic) bond motifs is 1. The molecular weight excluding hydrogens is 282 g/mol. The van der Waals surface area contributed by atoms with Crippen LogP contribution in [0.25, 0.3) is 11.2 Å². The minimum Gasteiger partial charge on any atom is -0.342 e. The molecular formula is C15H23N5O2. The van der Waals surface area contributed by atoms with Gasteiger partial charge in [-0.1, -0.05) is 6.92 Å². The molecule has 1 aliphatic rings. The first-order valence-corrected chi connectivity index (χ1v) is 7.86. The molecule has 0 radical (unpaired) electrons. The number of anilines is 1. The number of aromatic amines is 1. The first-order valence-electron chi connectivity index (χ1n) is 7.86. The zero-order chi connectivity index (χ0) is 16.0. The van der Waals surface area contributed by atoms with Gasteiger partial charge < -0.3 is 9.47 Å². The van der Waals surface area contributed by atoms with Gasteiger partial charge in [-0.05, 0) is 32.6 Å². The Kier molecular flexibility index (Phi) is 3.58. The summed E-state index contributed by atoms with van der Waals surface area (Å²) in [7, 11) is 1.64. The Morgan fingerprint density at radius 1 is 1.23 bits per heavy atom. The number of nitrogens with one attached hydrogen (secondary N) is 1. The van der Waals surface area contributed by atoms with E-state index >= 15 is 0 Å². The van der Waals surface area contributed by atoms with Crippen LogP contribution in [0.2, 0.25) is 0 Å². The highest BCUT2D eigenvalue weighted by atomic mass is 16.2. The lowest BCUT2D eigenvalue weighted by Gasteiger charge is -2.32. The lowest BCUT2D eigenvalue weighted by atomic mass is 10.00. The van der Waals surface area contributed by atoms with Gasteiger partial charge in [-0.2, -0.15) is 4.98 Å². The zero-order valence-corrected chi connectivity index (χ0v) is 13.6. The molecule has 22 heavy (non-hydrogen) atoms. The Hall–Kier alpha value is -2.05. The van der Waals surface area contributed by atoms with Crippen molar-refractivity contribution in [3.05, 3.63) is 20.8 Å². The summed E-state index contributed by atoms with van der Waals surface area (Å²) < 4.78 is 3.36. The third-order valence-electron chi connectivity index (χ3n) is 4.51. The summed E-state index contributed by atoms with van der Waals surface area (Å²) in [6.45, 7) is 8.19. The van der Waals surface area contributed by atoms with Gasteiger partial charge in [0.2, 0.25) is 5.95 Å². The van der Waals surface area contributed by atoms with Crippen LogP contribution in [0, 0.1) is 5.92 Å². The topological polar surface area (TPSA) is 75.9 Å². The molecule has 120 valence electrons. The van der Waals surface area contributed by atoms with Gasteiger partial charge in [0.25, 0.3) is 5.56 Å². The van der Waals surface area contributed by atoms with Gasteiger partial charge in [0.05, 0.1) is 0 Å². The lowest BCUT2D eigenvalue weighted by Crippen LogP contribution is -2.35. The molecule has 1 saturated heterocycles. The van der Waals surface area contributed by atoms with Crippen LogP contribution in [-0.4, -0.2) is 32.2 Å². The van der Waals surface area contributed by atoms with E-state index in [9.17, 15) is 9.59 Å². The molecule has 2 aromatic heterocycles. The van der Waals surface area contributed by atoms with Crippen molar-refractivity contribution in [3.63, 3.8) is 0 Å². The maximum absolute atomic E-state index is 12.3. The highest BCUT2D eigenvalue weighted by molar-refractivity contribution is 5.74. The second-order valence-electron chi connectivity index (χ2n) is 6.54. The highest BCUT2D eigenvalue weighted by Gasteiger charge is 2.25. The van der Waals surface area contributed by atoms with Gasteiger partial charge in [-0.3, -0.25) is 14.3 Å². The van der Waals surface area contributed by atoms with Crippen molar-refractivity contribution in [2.75, 3.05) is 18.0 Å². The van der Waals surface area contributed by atoms with Crippen molar-refractivity contribution in [1.82, 2.24) is 19.1 Å². The monoisotopic (exact) mass is 305 g/mol. The van der Waals surface area contributed by atoms with Crippen molar-refractivity contribution in [1.29, 1.82) is 0 Å². The molecule has 3 rings (SSSR count). The van der Waals surface area contributed by atoms with Gasteiger partial charge in [-0.15, -0.1) is 0 Å². The summed E-state index contributed by atoms with van der Waals surface area (Å²) in [5.41, 5.74) is 0.141. The van der Waals surface area contributed by atoms with Crippen molar-refractivity contribution in [3.8, 4) is 0 Å². The number of imidazole rings is 1. The second kappa shape index (κ2) is 5.30. The molecule has 1 N–H and O–H groups in total. The third kappa shape index (κ3) is 2.24. The fraction of sp³-hybridized carbons (Fsp3) is 0.667. The van der Waals surface area contributed by atoms with Crippen LogP contribution in [-0.2, 0) is 7.05 Å². The number of H-pyrrole nitrogens is 1. The second-order valence-corrected chi connectivity index (χ2v) is 6.54. The fourth-order valence-corrected chi connectivity index (χ4v) is 3.11. The molecule has 3 heterocycles. The number of aryl methyl sites for hydroxylation is 1. The van der Waals surface area contributed by atoms with Crippen LogP contribution in [0.15, 0.2) is 9.59 Å². The Bertz CT molecular complexity index is 806. The molecule has 0 aromatic carbocycles. The van der Waals surface area contributed by atoms with E-state index in [1.54, 1.807) is 7.05 Å². The molecule has 2 aromatic rings. The van der Waals surface area contributed by atoms with Crippen LogP contribution in [0.4, 0.5) is 5.95 Å². The van der Waals surface area contributed by atoms with Gasteiger partial charge in [0, 0.05) is 26.2 Å². The van der Waals surface area contributed by atoms with Crippen LogP contribution in [0.5, 0.6) is 0 Å². The molecule has 1 fully saturated rings. The van der Waals surface area contributed by atoms with E-state index in [2.05, 4.69) is 21.8 Å². The summed E-state index contributed by atoms with van der Waals surface area (Å²) in [5.74, 6) is 1.52. The summed E-state index contributed by atoms with van der Waals surface area (Å²) in [6, 6.07) is 0.0953. The molecule has 0 amide bonds. The van der Waals surface area contributed by atoms with Crippen molar-refractivity contribution in [2.24, 2.45) is 13.0 Å². The smallest absolute Gasteiger partial charge is 0.329 e. The summed E-state index contributed by atoms with van der Waals surface area (Å²) in [4.78, 5) is 33.3. The largest absolute Gasteiger partial charge is 0.342 e. The Morgan fingerprint density at radius 2 is 1.86 bits per heavy atom. The predicted octanol–water partition coefficient (Wildman–Crippen LogP) is 1.24. The number of piperidine rings is 1. The van der Waals surface area contributed by atoms with Gasteiger partial charge >= 0.3 is 5.69 Å². The van der Waals surface area contributed by atoms with Crippen molar-refractivity contribution < 1.29 is 0 Å². The van der Waals surface area contributed by atoms with E-state index in [4.69, 9.17) is 0 Å². The molecule has 0 unspecified atom stereocenters. The average Bonchev–Trinajstić information content (AvgIpc) is 2.87. The quantitative estimate of drug-likeness (QED) is 0.905. The number of nitrogens with zero attached hydrogens (tertiary/aromatic N) is 4. The standard InChI is InChI=1S/C15H23N5O2/c1-9(2)20-11-12(18(4)15(22)17-13(11)21)16-14(20)19-7-5-10(3)6-8-19/h9-10H,5-8H2,1-4H3,(H,17,21,22). The normalized spacial score (nSPS) is 16.9. The van der Waals surface area contributed by atoms with Crippen LogP contribution < -0.4 is 16.1 Å². The molecule has 0 aliphatic carbocycles. The Morgan fingerprint density at radius 3 is 2.45 bits per heavy atom. The van der Waals surface area contributed by atoms with E-state index in [0.717, 1.165) is 37.8 Å². The maximum atomic E-state index is 12.3. The van der Waals surface area contributed by atoms with Crippen LogP contribution in [0.3, 0.4) is 0 Å². The first-order chi connectivity index (χ1) is 10.4. The van der Waals surface area contributed by atoms with E-state index in [-0.39, 0.29) is 11.6 Å². The van der Waals surface area contributed by atoms with Gasteiger partial charge in [0.1, 0.15) is 0 Å². The van der Waals surface area contributed by atoms with Gasteiger partial charge in [0.15, 0.2) is 11.2 Å².